The molecule has 116 valence electrons. The fraction of sp³-hybridized carbons (Fsp3) is 0.176. The van der Waals surface area contributed by atoms with E-state index in [1.807, 2.05) is 28.8 Å². The molecule has 3 aromatic rings. The van der Waals surface area contributed by atoms with Crippen molar-refractivity contribution in [2.24, 2.45) is 0 Å². The summed E-state index contributed by atoms with van der Waals surface area (Å²) in [4.78, 5) is 0. The van der Waals surface area contributed by atoms with Gasteiger partial charge in [0.05, 0.1) is 5.69 Å². The van der Waals surface area contributed by atoms with Gasteiger partial charge in [-0.15, -0.1) is 10.2 Å². The molecule has 0 unspecified atom stereocenters. The van der Waals surface area contributed by atoms with Crippen molar-refractivity contribution < 1.29 is 9.13 Å². The van der Waals surface area contributed by atoms with Crippen molar-refractivity contribution in [1.29, 1.82) is 0 Å². The molecule has 0 atom stereocenters. The number of nitrogen functional groups attached to an aromatic ring is 1. The molecule has 6 heteroatoms. The van der Waals surface area contributed by atoms with Crippen LogP contribution in [0.25, 0.3) is 5.69 Å². The molecule has 0 aliphatic carbocycles. The highest BCUT2D eigenvalue weighted by Crippen LogP contribution is 2.29. The average Bonchev–Trinajstić information content (AvgIpc) is 2.94. The molecule has 1 aliphatic heterocycles. The summed E-state index contributed by atoms with van der Waals surface area (Å²) in [6, 6.07) is 12.2. The van der Waals surface area contributed by atoms with Gasteiger partial charge in [-0.25, -0.2) is 4.39 Å². The van der Waals surface area contributed by atoms with E-state index in [2.05, 4.69) is 10.2 Å². The molecule has 0 spiro atoms. The van der Waals surface area contributed by atoms with Crippen molar-refractivity contribution in [3.8, 4) is 11.4 Å². The van der Waals surface area contributed by atoms with Crippen LogP contribution in [0.1, 0.15) is 17.0 Å². The first-order chi connectivity index (χ1) is 11.2. The molecule has 5 nitrogen and oxygen atoms in total. The number of nitrogens with two attached hydrogens (primary N) is 1. The van der Waals surface area contributed by atoms with E-state index in [0.717, 1.165) is 41.2 Å². The molecule has 2 N–H and O–H groups in total. The lowest BCUT2D eigenvalue weighted by Crippen LogP contribution is -2.14. The van der Waals surface area contributed by atoms with E-state index in [1.54, 1.807) is 6.07 Å². The number of nitrogens with zero attached hydrogens (tertiary/aromatic N) is 3. The van der Waals surface area contributed by atoms with E-state index in [0.29, 0.717) is 12.6 Å². The van der Waals surface area contributed by atoms with Gasteiger partial charge in [-0.2, -0.15) is 0 Å². The number of anilines is 1. The highest BCUT2D eigenvalue weighted by atomic mass is 19.1. The van der Waals surface area contributed by atoms with Gasteiger partial charge in [-0.05, 0) is 47.9 Å². The largest absolute Gasteiger partial charge is 0.489 e. The minimum absolute atomic E-state index is 0.257. The van der Waals surface area contributed by atoms with Crippen LogP contribution in [0.5, 0.6) is 5.75 Å². The molecule has 0 amide bonds. The van der Waals surface area contributed by atoms with Gasteiger partial charge in [0.15, 0.2) is 0 Å². The summed E-state index contributed by atoms with van der Waals surface area (Å²) in [5.74, 6) is 1.77. The van der Waals surface area contributed by atoms with E-state index < -0.39 is 0 Å². The Morgan fingerprint density at radius 2 is 2.04 bits per heavy atom. The average molecular weight is 310 g/mol. The minimum atomic E-state index is -0.257. The van der Waals surface area contributed by atoms with Crippen LogP contribution in [-0.2, 0) is 19.4 Å². The summed E-state index contributed by atoms with van der Waals surface area (Å²) in [5.41, 5.74) is 8.82. The number of benzene rings is 2. The fourth-order valence-corrected chi connectivity index (χ4v) is 2.86. The second-order valence-electron chi connectivity index (χ2n) is 5.52. The lowest BCUT2D eigenvalue weighted by Gasteiger charge is -2.19. The van der Waals surface area contributed by atoms with Crippen molar-refractivity contribution in [3.63, 3.8) is 0 Å². The molecule has 4 rings (SSSR count). The molecule has 23 heavy (non-hydrogen) atoms. The fourth-order valence-electron chi connectivity index (χ4n) is 2.86. The predicted molar refractivity (Wildman–Crippen MR) is 83.9 cm³/mol. The summed E-state index contributed by atoms with van der Waals surface area (Å²) in [7, 11) is 0. The SMILES string of the molecule is Nc1nnc2n1-c1ccc(OCc3cccc(F)c3)cc1CC2. The van der Waals surface area contributed by atoms with Crippen LogP contribution < -0.4 is 10.5 Å². The lowest BCUT2D eigenvalue weighted by molar-refractivity contribution is 0.305. The topological polar surface area (TPSA) is 66.0 Å². The van der Waals surface area contributed by atoms with Gasteiger partial charge >= 0.3 is 0 Å². The number of aryl methyl sites for hydroxylation is 2. The molecule has 0 fully saturated rings. The summed E-state index contributed by atoms with van der Waals surface area (Å²) in [6.45, 7) is 0.330. The van der Waals surface area contributed by atoms with Gasteiger partial charge in [-0.3, -0.25) is 4.57 Å². The normalized spacial score (nSPS) is 12.6. The molecule has 0 bridgehead atoms. The Morgan fingerprint density at radius 1 is 1.13 bits per heavy atom. The number of hydrogen-bond donors (Lipinski definition) is 1. The zero-order valence-corrected chi connectivity index (χ0v) is 12.4. The monoisotopic (exact) mass is 310 g/mol. The van der Waals surface area contributed by atoms with E-state index in [4.69, 9.17) is 10.5 Å². The molecule has 0 saturated heterocycles. The van der Waals surface area contributed by atoms with E-state index in [1.165, 1.54) is 12.1 Å². The summed E-state index contributed by atoms with van der Waals surface area (Å²) < 4.78 is 20.8. The zero-order chi connectivity index (χ0) is 15.8. The molecule has 2 aromatic carbocycles. The maximum Gasteiger partial charge on any atom is 0.226 e. The second kappa shape index (κ2) is 5.39. The van der Waals surface area contributed by atoms with Crippen LogP contribution >= 0.6 is 0 Å². The third kappa shape index (κ3) is 2.52. The number of aromatic nitrogens is 3. The molecule has 0 radical (unpaired) electrons. The Hall–Kier alpha value is -2.89. The Morgan fingerprint density at radius 3 is 2.91 bits per heavy atom. The van der Waals surface area contributed by atoms with E-state index in [-0.39, 0.29) is 5.82 Å². The van der Waals surface area contributed by atoms with E-state index >= 15 is 0 Å². The number of ether oxygens (including phenoxy) is 1. The smallest absolute Gasteiger partial charge is 0.226 e. The molecule has 1 aromatic heterocycles. The van der Waals surface area contributed by atoms with Crippen molar-refractivity contribution >= 4 is 5.95 Å². The quantitative estimate of drug-likeness (QED) is 0.807. The number of halogens is 1. The zero-order valence-electron chi connectivity index (χ0n) is 12.4. The van der Waals surface area contributed by atoms with Gasteiger partial charge in [0.25, 0.3) is 0 Å². The van der Waals surface area contributed by atoms with Crippen molar-refractivity contribution in [2.75, 3.05) is 5.73 Å². The van der Waals surface area contributed by atoms with Crippen LogP contribution in [0.4, 0.5) is 10.3 Å². The highest BCUT2D eigenvalue weighted by molar-refractivity contribution is 5.52. The number of rotatable bonds is 3. The predicted octanol–water partition coefficient (Wildman–Crippen LogP) is 2.67. The first kappa shape index (κ1) is 13.8. The van der Waals surface area contributed by atoms with Crippen LogP contribution in [0.2, 0.25) is 0 Å². The third-order valence-corrected chi connectivity index (χ3v) is 3.96. The van der Waals surface area contributed by atoms with Crippen molar-refractivity contribution in [2.45, 2.75) is 19.4 Å². The highest BCUT2D eigenvalue weighted by Gasteiger charge is 2.20. The number of hydrogen-bond acceptors (Lipinski definition) is 4. The Balaban J connectivity index is 1.58. The minimum Gasteiger partial charge on any atom is -0.489 e. The molecular weight excluding hydrogens is 295 g/mol. The van der Waals surface area contributed by atoms with Crippen LogP contribution in [-0.4, -0.2) is 14.8 Å². The van der Waals surface area contributed by atoms with Crippen LogP contribution in [0.3, 0.4) is 0 Å². The lowest BCUT2D eigenvalue weighted by atomic mass is 10.0. The summed E-state index contributed by atoms with van der Waals surface area (Å²) in [5, 5.41) is 8.01. The summed E-state index contributed by atoms with van der Waals surface area (Å²) >= 11 is 0. The Bertz CT molecular complexity index is 875. The van der Waals surface area contributed by atoms with E-state index in [9.17, 15) is 4.39 Å². The number of fused-ring (bicyclic) bond motifs is 3. The molecule has 0 saturated carbocycles. The van der Waals surface area contributed by atoms with Gasteiger partial charge < -0.3 is 10.5 Å². The standard InChI is InChI=1S/C17H15FN4O/c18-13-3-1-2-11(8-13)10-23-14-5-6-15-12(9-14)4-7-16-20-21-17(19)22(15)16/h1-3,5-6,8-9H,4,7,10H2,(H2,19,21). The van der Waals surface area contributed by atoms with Gasteiger partial charge in [0.1, 0.15) is 24.0 Å². The van der Waals surface area contributed by atoms with Gasteiger partial charge in [0.2, 0.25) is 5.95 Å². The first-order valence-corrected chi connectivity index (χ1v) is 7.41. The van der Waals surface area contributed by atoms with Crippen molar-refractivity contribution in [3.05, 3.63) is 65.2 Å². The third-order valence-electron chi connectivity index (χ3n) is 3.96. The van der Waals surface area contributed by atoms with Crippen LogP contribution in [0.15, 0.2) is 42.5 Å². The van der Waals surface area contributed by atoms with Gasteiger partial charge in [0, 0.05) is 6.42 Å². The second-order valence-corrected chi connectivity index (χ2v) is 5.52. The van der Waals surface area contributed by atoms with Crippen molar-refractivity contribution in [1.82, 2.24) is 14.8 Å². The molecule has 1 aliphatic rings. The maximum atomic E-state index is 13.2. The summed E-state index contributed by atoms with van der Waals surface area (Å²) in [6.07, 6.45) is 1.66. The maximum absolute atomic E-state index is 13.2. The Labute approximate surface area is 132 Å². The van der Waals surface area contributed by atoms with Crippen LogP contribution in [0, 0.1) is 5.82 Å². The van der Waals surface area contributed by atoms with Gasteiger partial charge in [-0.1, -0.05) is 12.1 Å². The molecule has 2 heterocycles. The Kier molecular flexibility index (Phi) is 3.22. The first-order valence-electron chi connectivity index (χ1n) is 7.41. The molecular formula is C17H15FN4O.